The van der Waals surface area contributed by atoms with Crippen LogP contribution in [0.15, 0.2) is 77.4 Å². The zero-order valence-electron chi connectivity index (χ0n) is 18.9. The number of rotatable bonds is 7. The van der Waals surface area contributed by atoms with E-state index in [9.17, 15) is 9.59 Å². The zero-order chi connectivity index (χ0) is 24.9. The van der Waals surface area contributed by atoms with Gasteiger partial charge in [0, 0.05) is 5.69 Å². The first-order valence-electron chi connectivity index (χ1n) is 10.6. The number of amides is 2. The van der Waals surface area contributed by atoms with Crippen LogP contribution >= 0.6 is 23.2 Å². The molecule has 0 aromatic heterocycles. The number of hydrogen-bond acceptors (Lipinski definition) is 5. The van der Waals surface area contributed by atoms with E-state index in [1.165, 1.54) is 12.1 Å². The van der Waals surface area contributed by atoms with Crippen LogP contribution in [0.2, 0.25) is 10.0 Å². The minimum atomic E-state index is -0.374. The first-order chi connectivity index (χ1) is 16.9. The van der Waals surface area contributed by atoms with Crippen molar-refractivity contribution in [3.05, 3.63) is 87.9 Å². The summed E-state index contributed by atoms with van der Waals surface area (Å²) < 4.78 is 11.1. The Kier molecular flexibility index (Phi) is 7.39. The summed E-state index contributed by atoms with van der Waals surface area (Å²) in [6.07, 6.45) is 1.74. The Bertz CT molecular complexity index is 1340. The number of hydrazone groups is 1. The number of ether oxygens (including phenoxy) is 2. The van der Waals surface area contributed by atoms with Gasteiger partial charge in [-0.05, 0) is 61.0 Å². The predicted molar refractivity (Wildman–Crippen MR) is 139 cm³/mol. The Balaban J connectivity index is 1.45. The average Bonchev–Trinajstić information content (AvgIpc) is 3.14. The van der Waals surface area contributed by atoms with Crippen LogP contribution in [0.25, 0.3) is 6.08 Å². The van der Waals surface area contributed by atoms with Crippen LogP contribution in [0.5, 0.6) is 11.5 Å². The maximum atomic E-state index is 12.9. The lowest BCUT2D eigenvalue weighted by atomic mass is 10.1. The van der Waals surface area contributed by atoms with E-state index in [4.69, 9.17) is 32.7 Å². The summed E-state index contributed by atoms with van der Waals surface area (Å²) >= 11 is 11.9. The van der Waals surface area contributed by atoms with Gasteiger partial charge in [0.15, 0.2) is 18.1 Å². The van der Waals surface area contributed by atoms with Gasteiger partial charge >= 0.3 is 0 Å². The largest absolute Gasteiger partial charge is 0.493 e. The second kappa shape index (κ2) is 10.6. The lowest BCUT2D eigenvalue weighted by Crippen LogP contribution is -2.21. The van der Waals surface area contributed by atoms with E-state index < -0.39 is 0 Å². The maximum absolute atomic E-state index is 12.9. The Morgan fingerprint density at radius 2 is 1.80 bits per heavy atom. The van der Waals surface area contributed by atoms with Gasteiger partial charge in [0.25, 0.3) is 11.8 Å². The molecular formula is C26H21Cl2N3O4. The van der Waals surface area contributed by atoms with E-state index in [0.717, 1.165) is 5.56 Å². The number of nitrogens with zero attached hydrogens (tertiary/aromatic N) is 2. The van der Waals surface area contributed by atoms with Gasteiger partial charge in [-0.1, -0.05) is 47.5 Å². The number of halogens is 2. The number of carbonyl (C=O) groups excluding carboxylic acids is 2. The summed E-state index contributed by atoms with van der Waals surface area (Å²) in [7, 11) is 1.50. The monoisotopic (exact) mass is 509 g/mol. The minimum Gasteiger partial charge on any atom is -0.493 e. The van der Waals surface area contributed by atoms with Crippen LogP contribution < -0.4 is 19.8 Å². The number of benzene rings is 3. The number of para-hydroxylation sites is 1. The van der Waals surface area contributed by atoms with E-state index >= 15 is 0 Å². The lowest BCUT2D eigenvalue weighted by molar-refractivity contribution is -0.118. The van der Waals surface area contributed by atoms with Crippen molar-refractivity contribution in [3.8, 4) is 11.5 Å². The highest BCUT2D eigenvalue weighted by Crippen LogP contribution is 2.31. The summed E-state index contributed by atoms with van der Waals surface area (Å²) in [5.74, 6) is 0.211. The van der Waals surface area contributed by atoms with Gasteiger partial charge in [0.2, 0.25) is 0 Å². The molecule has 0 atom stereocenters. The van der Waals surface area contributed by atoms with E-state index in [0.29, 0.717) is 44.2 Å². The molecule has 0 saturated heterocycles. The molecule has 0 saturated carbocycles. The molecule has 2 amide bonds. The molecule has 1 N–H and O–H groups in total. The van der Waals surface area contributed by atoms with Gasteiger partial charge in [-0.2, -0.15) is 10.1 Å². The molecule has 178 valence electrons. The highest BCUT2D eigenvalue weighted by Gasteiger charge is 2.28. The quantitative estimate of drug-likeness (QED) is 0.406. The molecule has 0 unspecified atom stereocenters. The summed E-state index contributed by atoms with van der Waals surface area (Å²) in [6.45, 7) is 1.54. The van der Waals surface area contributed by atoms with Gasteiger partial charge in [-0.3, -0.25) is 9.59 Å². The molecule has 0 radical (unpaired) electrons. The normalized spacial score (nSPS) is 14.2. The fourth-order valence-corrected chi connectivity index (χ4v) is 3.70. The van der Waals surface area contributed by atoms with E-state index in [-0.39, 0.29) is 18.4 Å². The molecule has 3 aromatic rings. The van der Waals surface area contributed by atoms with Gasteiger partial charge in [-0.15, -0.1) is 0 Å². The molecule has 1 aliphatic rings. The second-order valence-electron chi connectivity index (χ2n) is 7.57. The minimum absolute atomic E-state index is 0.216. The van der Waals surface area contributed by atoms with Crippen molar-refractivity contribution in [2.45, 2.75) is 6.92 Å². The van der Waals surface area contributed by atoms with Crippen LogP contribution in [0.3, 0.4) is 0 Å². The van der Waals surface area contributed by atoms with E-state index in [1.807, 2.05) is 30.3 Å². The summed E-state index contributed by atoms with van der Waals surface area (Å²) in [5.41, 5.74) is 3.01. The van der Waals surface area contributed by atoms with Crippen LogP contribution in [0.1, 0.15) is 12.5 Å². The molecule has 0 aliphatic carbocycles. The predicted octanol–water partition coefficient (Wildman–Crippen LogP) is 5.83. The molecule has 35 heavy (non-hydrogen) atoms. The van der Waals surface area contributed by atoms with Crippen molar-refractivity contribution < 1.29 is 19.1 Å². The van der Waals surface area contributed by atoms with E-state index in [2.05, 4.69) is 10.4 Å². The number of carbonyl (C=O) groups is 2. The van der Waals surface area contributed by atoms with Crippen molar-refractivity contribution in [2.24, 2.45) is 5.10 Å². The Morgan fingerprint density at radius 3 is 2.51 bits per heavy atom. The molecule has 9 heteroatoms. The molecule has 0 bridgehead atoms. The van der Waals surface area contributed by atoms with Crippen molar-refractivity contribution in [1.82, 2.24) is 0 Å². The molecular weight excluding hydrogens is 489 g/mol. The fourth-order valence-electron chi connectivity index (χ4n) is 3.40. The van der Waals surface area contributed by atoms with Gasteiger partial charge < -0.3 is 14.8 Å². The van der Waals surface area contributed by atoms with Crippen LogP contribution in [0.4, 0.5) is 11.4 Å². The van der Waals surface area contributed by atoms with Crippen LogP contribution in [0, 0.1) is 0 Å². The Labute approximate surface area is 212 Å². The van der Waals surface area contributed by atoms with E-state index in [1.54, 1.807) is 49.4 Å². The van der Waals surface area contributed by atoms with Crippen molar-refractivity contribution in [2.75, 3.05) is 24.0 Å². The topological polar surface area (TPSA) is 80.2 Å². The highest BCUT2D eigenvalue weighted by atomic mass is 35.5. The van der Waals surface area contributed by atoms with Crippen molar-refractivity contribution in [1.29, 1.82) is 0 Å². The van der Waals surface area contributed by atoms with Gasteiger partial charge in [0.1, 0.15) is 0 Å². The second-order valence-corrected chi connectivity index (χ2v) is 8.39. The van der Waals surface area contributed by atoms with Gasteiger partial charge in [0.05, 0.1) is 34.1 Å². The molecule has 0 spiro atoms. The molecule has 7 nitrogen and oxygen atoms in total. The number of hydrogen-bond donors (Lipinski definition) is 1. The summed E-state index contributed by atoms with van der Waals surface area (Å²) in [4.78, 5) is 25.2. The third-order valence-corrected chi connectivity index (χ3v) is 5.86. The number of anilines is 2. The maximum Gasteiger partial charge on any atom is 0.280 e. The third kappa shape index (κ3) is 5.65. The lowest BCUT2D eigenvalue weighted by Gasteiger charge is -2.12. The fraction of sp³-hybridized carbons (Fsp3) is 0.115. The SMILES string of the molecule is COc1cc(/C=C2\C(=O)N(c3ccccc3)N=C2C)ccc1OCC(=O)Nc1ccc(Cl)c(Cl)c1. The first kappa shape index (κ1) is 24.3. The summed E-state index contributed by atoms with van der Waals surface area (Å²) in [5, 5.41) is 9.19. The van der Waals surface area contributed by atoms with Crippen LogP contribution in [-0.4, -0.2) is 31.2 Å². The standard InChI is InChI=1S/C26H21Cl2N3O4/c1-16-20(26(33)31(30-16)19-6-4-3-5-7-19)12-17-8-11-23(24(13-17)34-2)35-15-25(32)29-18-9-10-21(27)22(28)14-18/h3-14H,15H2,1-2H3,(H,29,32)/b20-12-. The molecule has 1 aliphatic heterocycles. The average molecular weight is 510 g/mol. The third-order valence-electron chi connectivity index (χ3n) is 5.12. The van der Waals surface area contributed by atoms with Crippen molar-refractivity contribution >= 4 is 58.2 Å². The highest BCUT2D eigenvalue weighted by molar-refractivity contribution is 6.42. The Morgan fingerprint density at radius 1 is 1.03 bits per heavy atom. The molecule has 3 aromatic carbocycles. The molecule has 1 heterocycles. The molecule has 0 fully saturated rings. The van der Waals surface area contributed by atoms with Gasteiger partial charge in [-0.25, -0.2) is 0 Å². The zero-order valence-corrected chi connectivity index (χ0v) is 20.4. The molecule has 4 rings (SSSR count). The van der Waals surface area contributed by atoms with Crippen molar-refractivity contribution in [3.63, 3.8) is 0 Å². The van der Waals surface area contributed by atoms with Crippen LogP contribution in [-0.2, 0) is 9.59 Å². The smallest absolute Gasteiger partial charge is 0.280 e. The first-order valence-corrected chi connectivity index (χ1v) is 11.3. The summed E-state index contributed by atoms with van der Waals surface area (Å²) in [6, 6.07) is 19.2. The number of methoxy groups -OCH3 is 1. The Hall–Kier alpha value is -3.81. The number of nitrogens with one attached hydrogen (secondary N) is 1.